The van der Waals surface area contributed by atoms with Crippen LogP contribution in [0, 0.1) is 0 Å². The van der Waals surface area contributed by atoms with Crippen LogP contribution in [0.15, 0.2) is 53.3 Å². The van der Waals surface area contributed by atoms with Crippen molar-refractivity contribution in [3.05, 3.63) is 54.6 Å². The summed E-state index contributed by atoms with van der Waals surface area (Å²) in [7, 11) is 3.48. The Kier molecular flexibility index (Phi) is 4.00. The molecule has 3 aromatic rings. The largest absolute Gasteiger partial charge is 0.494 e. The number of hydrogen-bond acceptors (Lipinski definition) is 6. The van der Waals surface area contributed by atoms with Gasteiger partial charge in [-0.15, -0.1) is 0 Å². The van der Waals surface area contributed by atoms with Crippen molar-refractivity contribution in [2.45, 2.75) is 6.54 Å². The van der Waals surface area contributed by atoms with E-state index in [1.807, 2.05) is 48.3 Å². The molecule has 0 spiro atoms. The van der Waals surface area contributed by atoms with Gasteiger partial charge in [0.25, 0.3) is 0 Å². The molecule has 0 amide bonds. The quantitative estimate of drug-likeness (QED) is 0.721. The molecule has 22 heavy (non-hydrogen) atoms. The average molecular weight is 296 g/mol. The second-order valence-electron chi connectivity index (χ2n) is 4.82. The van der Waals surface area contributed by atoms with Crippen LogP contribution < -0.4 is 9.64 Å². The first-order valence-corrected chi connectivity index (χ1v) is 6.84. The molecule has 0 aliphatic rings. The molecular formula is C16H16N4O2. The Balaban J connectivity index is 1.71. The van der Waals surface area contributed by atoms with Gasteiger partial charge < -0.3 is 14.2 Å². The second-order valence-corrected chi connectivity index (χ2v) is 4.82. The summed E-state index contributed by atoms with van der Waals surface area (Å²) in [5.74, 6) is 1.97. The number of anilines is 1. The third-order valence-electron chi connectivity index (χ3n) is 3.21. The van der Waals surface area contributed by atoms with Crippen LogP contribution in [0.3, 0.4) is 0 Å². The van der Waals surface area contributed by atoms with Gasteiger partial charge in [-0.2, -0.15) is 0 Å². The van der Waals surface area contributed by atoms with Gasteiger partial charge in [0.1, 0.15) is 5.69 Å². The molecule has 0 bridgehead atoms. The molecule has 0 aliphatic heterocycles. The number of hydrogen-bond donors (Lipinski definition) is 0. The molecule has 0 saturated heterocycles. The van der Waals surface area contributed by atoms with Crippen molar-refractivity contribution in [3.8, 4) is 17.0 Å². The normalized spacial score (nSPS) is 10.5. The first-order chi connectivity index (χ1) is 10.8. The number of methoxy groups -OCH3 is 1. The molecule has 0 atom stereocenters. The number of ether oxygens (including phenoxy) is 1. The fraction of sp³-hybridized carbons (Fsp3) is 0.188. The van der Waals surface area contributed by atoms with Crippen molar-refractivity contribution < 1.29 is 9.26 Å². The van der Waals surface area contributed by atoms with Crippen molar-refractivity contribution in [3.63, 3.8) is 0 Å². The van der Waals surface area contributed by atoms with Gasteiger partial charge in [0.2, 0.25) is 5.95 Å². The monoisotopic (exact) mass is 296 g/mol. The zero-order valence-electron chi connectivity index (χ0n) is 12.4. The lowest BCUT2D eigenvalue weighted by Gasteiger charge is -2.14. The smallest absolute Gasteiger partial charge is 0.225 e. The van der Waals surface area contributed by atoms with Crippen LogP contribution in [-0.2, 0) is 6.54 Å². The summed E-state index contributed by atoms with van der Waals surface area (Å²) in [6.07, 6.45) is 3.27. The maximum absolute atomic E-state index is 5.38. The maximum Gasteiger partial charge on any atom is 0.225 e. The van der Waals surface area contributed by atoms with E-state index in [1.165, 1.54) is 0 Å². The minimum Gasteiger partial charge on any atom is -0.494 e. The van der Waals surface area contributed by atoms with E-state index in [1.54, 1.807) is 19.5 Å². The predicted octanol–water partition coefficient (Wildman–Crippen LogP) is 2.78. The Bertz CT molecular complexity index is 725. The van der Waals surface area contributed by atoms with Crippen molar-refractivity contribution in [2.75, 3.05) is 19.1 Å². The molecule has 3 rings (SSSR count). The molecule has 2 aromatic heterocycles. The Morgan fingerprint density at radius 1 is 1.14 bits per heavy atom. The van der Waals surface area contributed by atoms with Crippen molar-refractivity contribution in [2.24, 2.45) is 0 Å². The third kappa shape index (κ3) is 3.06. The summed E-state index contributed by atoms with van der Waals surface area (Å²) in [4.78, 5) is 10.4. The molecule has 2 heterocycles. The van der Waals surface area contributed by atoms with Gasteiger partial charge in [-0.1, -0.05) is 35.5 Å². The fourth-order valence-electron chi connectivity index (χ4n) is 2.05. The molecule has 0 fully saturated rings. The van der Waals surface area contributed by atoms with E-state index >= 15 is 0 Å². The lowest BCUT2D eigenvalue weighted by molar-refractivity contribution is 0.384. The van der Waals surface area contributed by atoms with E-state index in [2.05, 4.69) is 15.1 Å². The summed E-state index contributed by atoms with van der Waals surface area (Å²) < 4.78 is 10.4. The van der Waals surface area contributed by atoms with E-state index in [0.717, 1.165) is 17.0 Å². The van der Waals surface area contributed by atoms with E-state index in [-0.39, 0.29) is 0 Å². The average Bonchev–Trinajstić information content (AvgIpc) is 3.04. The van der Waals surface area contributed by atoms with Crippen LogP contribution >= 0.6 is 0 Å². The molecule has 112 valence electrons. The van der Waals surface area contributed by atoms with Gasteiger partial charge in [-0.3, -0.25) is 0 Å². The Morgan fingerprint density at radius 3 is 2.55 bits per heavy atom. The van der Waals surface area contributed by atoms with Crippen molar-refractivity contribution in [1.82, 2.24) is 15.1 Å². The van der Waals surface area contributed by atoms with Gasteiger partial charge in [0, 0.05) is 18.7 Å². The van der Waals surface area contributed by atoms with Crippen LogP contribution in [0.5, 0.6) is 5.75 Å². The topological polar surface area (TPSA) is 64.3 Å². The van der Waals surface area contributed by atoms with Crippen LogP contribution in [0.25, 0.3) is 11.3 Å². The van der Waals surface area contributed by atoms with Crippen LogP contribution in [0.4, 0.5) is 5.95 Å². The summed E-state index contributed by atoms with van der Waals surface area (Å²) in [5, 5.41) is 4.10. The zero-order chi connectivity index (χ0) is 15.4. The highest BCUT2D eigenvalue weighted by Gasteiger charge is 2.11. The first kappa shape index (κ1) is 14.1. The molecule has 1 aromatic carbocycles. The van der Waals surface area contributed by atoms with Crippen LogP contribution in [-0.4, -0.2) is 29.3 Å². The highest BCUT2D eigenvalue weighted by molar-refractivity contribution is 5.58. The van der Waals surface area contributed by atoms with E-state index in [4.69, 9.17) is 9.26 Å². The Morgan fingerprint density at radius 2 is 1.86 bits per heavy atom. The van der Waals surface area contributed by atoms with E-state index in [0.29, 0.717) is 18.2 Å². The maximum atomic E-state index is 5.38. The summed E-state index contributed by atoms with van der Waals surface area (Å²) in [6.45, 7) is 0.534. The fourth-order valence-corrected chi connectivity index (χ4v) is 2.05. The van der Waals surface area contributed by atoms with Crippen LogP contribution in [0.2, 0.25) is 0 Å². The molecule has 0 unspecified atom stereocenters. The van der Waals surface area contributed by atoms with Gasteiger partial charge in [-0.05, 0) is 0 Å². The van der Waals surface area contributed by atoms with Crippen LogP contribution in [0.1, 0.15) is 5.76 Å². The lowest BCUT2D eigenvalue weighted by Crippen LogP contribution is -2.18. The highest BCUT2D eigenvalue weighted by Crippen LogP contribution is 2.20. The Hall–Kier alpha value is -2.89. The predicted molar refractivity (Wildman–Crippen MR) is 82.6 cm³/mol. The SMILES string of the molecule is COc1cnc(N(C)Cc2cc(-c3ccccc3)no2)nc1. The number of benzene rings is 1. The summed E-state index contributed by atoms with van der Waals surface area (Å²) in [5.41, 5.74) is 1.85. The van der Waals surface area contributed by atoms with Crippen molar-refractivity contribution >= 4 is 5.95 Å². The molecule has 6 heteroatoms. The van der Waals surface area contributed by atoms with Gasteiger partial charge in [-0.25, -0.2) is 9.97 Å². The number of rotatable bonds is 5. The summed E-state index contributed by atoms with van der Waals surface area (Å²) in [6, 6.07) is 11.8. The first-order valence-electron chi connectivity index (χ1n) is 6.84. The van der Waals surface area contributed by atoms with Gasteiger partial charge in [0.05, 0.1) is 26.0 Å². The molecular weight excluding hydrogens is 280 g/mol. The minimum absolute atomic E-state index is 0.534. The lowest BCUT2D eigenvalue weighted by atomic mass is 10.1. The summed E-state index contributed by atoms with van der Waals surface area (Å²) >= 11 is 0. The Labute approximate surface area is 128 Å². The highest BCUT2D eigenvalue weighted by atomic mass is 16.5. The number of aromatic nitrogens is 3. The zero-order valence-corrected chi connectivity index (χ0v) is 12.4. The van der Waals surface area contributed by atoms with E-state index in [9.17, 15) is 0 Å². The number of nitrogens with zero attached hydrogens (tertiary/aromatic N) is 4. The molecule has 0 saturated carbocycles. The second kappa shape index (κ2) is 6.26. The standard InChI is InChI=1S/C16H16N4O2/c1-20(16-17-9-14(21-2)10-18-16)11-13-8-15(19-22-13)12-6-4-3-5-7-12/h3-10H,11H2,1-2H3. The minimum atomic E-state index is 0.534. The van der Waals surface area contributed by atoms with Crippen molar-refractivity contribution in [1.29, 1.82) is 0 Å². The molecule has 0 aliphatic carbocycles. The van der Waals surface area contributed by atoms with Gasteiger partial charge in [0.15, 0.2) is 11.5 Å². The third-order valence-corrected chi connectivity index (χ3v) is 3.21. The molecule has 0 radical (unpaired) electrons. The molecule has 6 nitrogen and oxygen atoms in total. The van der Waals surface area contributed by atoms with E-state index < -0.39 is 0 Å². The van der Waals surface area contributed by atoms with Gasteiger partial charge >= 0.3 is 0 Å². The molecule has 0 N–H and O–H groups in total.